The van der Waals surface area contributed by atoms with Gasteiger partial charge in [0.25, 0.3) is 5.91 Å². The van der Waals surface area contributed by atoms with Crippen LogP contribution in [0.5, 0.6) is 5.75 Å². The first-order valence-electron chi connectivity index (χ1n) is 7.27. The number of para-hydroxylation sites is 1. The molecule has 23 heavy (non-hydrogen) atoms. The normalized spacial score (nSPS) is 10.3. The van der Waals surface area contributed by atoms with Crippen molar-refractivity contribution < 1.29 is 9.53 Å². The second-order valence-electron chi connectivity index (χ2n) is 4.79. The molecule has 116 valence electrons. The lowest BCUT2D eigenvalue weighted by Crippen LogP contribution is -2.13. The molecule has 0 aliphatic carbocycles. The van der Waals surface area contributed by atoms with E-state index >= 15 is 0 Å². The predicted molar refractivity (Wildman–Crippen MR) is 87.4 cm³/mol. The Labute approximate surface area is 133 Å². The van der Waals surface area contributed by atoms with Gasteiger partial charge in [-0.15, -0.1) is 0 Å². The number of pyridine rings is 1. The maximum Gasteiger partial charge on any atom is 0.260 e. The quantitative estimate of drug-likeness (QED) is 0.759. The average molecular weight is 308 g/mol. The van der Waals surface area contributed by atoms with Crippen molar-refractivity contribution in [2.24, 2.45) is 0 Å². The standard InChI is InChI=1S/C17H16N4O2/c1-2-23-15-6-4-3-5-13(15)17(22)19-16-11-14(20-21-16)12-7-9-18-10-8-12/h3-11H,2H2,1H3,(H2,19,20,21,22). The van der Waals surface area contributed by atoms with Gasteiger partial charge in [-0.3, -0.25) is 14.9 Å². The minimum Gasteiger partial charge on any atom is -0.493 e. The predicted octanol–water partition coefficient (Wildman–Crippen LogP) is 3.12. The van der Waals surface area contributed by atoms with Gasteiger partial charge in [0.15, 0.2) is 5.82 Å². The molecule has 0 unspecified atom stereocenters. The van der Waals surface area contributed by atoms with Crippen LogP contribution in [0, 0.1) is 0 Å². The number of amides is 1. The van der Waals surface area contributed by atoms with Crippen molar-refractivity contribution in [3.8, 4) is 17.0 Å². The molecule has 0 aliphatic rings. The molecule has 3 rings (SSSR count). The Morgan fingerprint density at radius 2 is 2.00 bits per heavy atom. The molecule has 0 radical (unpaired) electrons. The van der Waals surface area contributed by atoms with Gasteiger partial charge in [-0.05, 0) is 31.2 Å². The van der Waals surface area contributed by atoms with Crippen LogP contribution in [0.3, 0.4) is 0 Å². The summed E-state index contributed by atoms with van der Waals surface area (Å²) in [4.78, 5) is 16.4. The summed E-state index contributed by atoms with van der Waals surface area (Å²) in [5.41, 5.74) is 2.23. The van der Waals surface area contributed by atoms with Crippen molar-refractivity contribution in [3.63, 3.8) is 0 Å². The third-order valence-corrected chi connectivity index (χ3v) is 3.24. The summed E-state index contributed by atoms with van der Waals surface area (Å²) in [5.74, 6) is 0.743. The Kier molecular flexibility index (Phi) is 4.33. The lowest BCUT2D eigenvalue weighted by Gasteiger charge is -2.08. The van der Waals surface area contributed by atoms with Gasteiger partial charge in [-0.2, -0.15) is 5.10 Å². The highest BCUT2D eigenvalue weighted by atomic mass is 16.5. The second-order valence-corrected chi connectivity index (χ2v) is 4.79. The molecule has 0 bridgehead atoms. The van der Waals surface area contributed by atoms with E-state index in [1.165, 1.54) is 0 Å². The molecule has 3 aromatic rings. The van der Waals surface area contributed by atoms with Gasteiger partial charge in [0.1, 0.15) is 5.75 Å². The minimum absolute atomic E-state index is 0.262. The van der Waals surface area contributed by atoms with Crippen LogP contribution in [0.25, 0.3) is 11.3 Å². The molecule has 0 atom stereocenters. The average Bonchev–Trinajstić information content (AvgIpc) is 3.05. The van der Waals surface area contributed by atoms with Gasteiger partial charge in [0.2, 0.25) is 0 Å². The first-order chi connectivity index (χ1) is 11.3. The van der Waals surface area contributed by atoms with Crippen molar-refractivity contribution in [1.29, 1.82) is 0 Å². The van der Waals surface area contributed by atoms with E-state index in [1.54, 1.807) is 36.7 Å². The van der Waals surface area contributed by atoms with Crippen molar-refractivity contribution in [3.05, 3.63) is 60.4 Å². The highest BCUT2D eigenvalue weighted by molar-refractivity contribution is 6.05. The number of nitrogens with one attached hydrogen (secondary N) is 2. The fourth-order valence-electron chi connectivity index (χ4n) is 2.18. The number of rotatable bonds is 5. The molecular formula is C17H16N4O2. The molecule has 0 saturated heterocycles. The number of carbonyl (C=O) groups is 1. The molecule has 0 fully saturated rings. The van der Waals surface area contributed by atoms with Gasteiger partial charge in [0.05, 0.1) is 17.9 Å². The lowest BCUT2D eigenvalue weighted by molar-refractivity contribution is 0.102. The summed E-state index contributed by atoms with van der Waals surface area (Å²) < 4.78 is 5.47. The zero-order valence-corrected chi connectivity index (χ0v) is 12.6. The topological polar surface area (TPSA) is 79.9 Å². The lowest BCUT2D eigenvalue weighted by atomic mass is 10.2. The number of hydrogen-bond donors (Lipinski definition) is 2. The van der Waals surface area contributed by atoms with Crippen LogP contribution in [-0.4, -0.2) is 27.7 Å². The molecular weight excluding hydrogens is 292 g/mol. The van der Waals surface area contributed by atoms with Gasteiger partial charge in [-0.1, -0.05) is 12.1 Å². The number of benzene rings is 1. The van der Waals surface area contributed by atoms with Crippen LogP contribution < -0.4 is 10.1 Å². The third kappa shape index (κ3) is 3.37. The number of aromatic nitrogens is 3. The Bertz CT molecular complexity index is 799. The molecule has 2 aromatic heterocycles. The van der Waals surface area contributed by atoms with Crippen LogP contribution in [0.1, 0.15) is 17.3 Å². The van der Waals surface area contributed by atoms with Crippen molar-refractivity contribution >= 4 is 11.7 Å². The number of ether oxygens (including phenoxy) is 1. The Balaban J connectivity index is 1.78. The fraction of sp³-hybridized carbons (Fsp3) is 0.118. The maximum absolute atomic E-state index is 12.4. The van der Waals surface area contributed by atoms with E-state index in [4.69, 9.17) is 4.74 Å². The van der Waals surface area contributed by atoms with Crippen LogP contribution in [0.4, 0.5) is 5.82 Å². The molecule has 1 aromatic carbocycles. The molecule has 0 aliphatic heterocycles. The fourth-order valence-corrected chi connectivity index (χ4v) is 2.18. The van der Waals surface area contributed by atoms with E-state index in [9.17, 15) is 4.79 Å². The number of nitrogens with zero attached hydrogens (tertiary/aromatic N) is 2. The zero-order valence-electron chi connectivity index (χ0n) is 12.6. The van der Waals surface area contributed by atoms with Crippen LogP contribution in [0.2, 0.25) is 0 Å². The van der Waals surface area contributed by atoms with Gasteiger partial charge in [0, 0.05) is 24.0 Å². The first kappa shape index (κ1) is 14.8. The molecule has 6 heteroatoms. The van der Waals surface area contributed by atoms with E-state index in [-0.39, 0.29) is 5.91 Å². The van der Waals surface area contributed by atoms with Crippen LogP contribution >= 0.6 is 0 Å². The highest BCUT2D eigenvalue weighted by Gasteiger charge is 2.13. The number of anilines is 1. The molecule has 2 N–H and O–H groups in total. The van der Waals surface area contributed by atoms with E-state index in [0.29, 0.717) is 23.7 Å². The van der Waals surface area contributed by atoms with Crippen LogP contribution in [-0.2, 0) is 0 Å². The van der Waals surface area contributed by atoms with E-state index in [2.05, 4.69) is 20.5 Å². The number of carbonyl (C=O) groups excluding carboxylic acids is 1. The first-order valence-corrected chi connectivity index (χ1v) is 7.27. The molecule has 0 spiro atoms. The largest absolute Gasteiger partial charge is 0.493 e. The molecule has 0 saturated carbocycles. The summed E-state index contributed by atoms with van der Waals surface area (Å²) in [6, 6.07) is 12.6. The van der Waals surface area contributed by atoms with E-state index in [1.807, 2.05) is 25.1 Å². The molecule has 6 nitrogen and oxygen atoms in total. The SMILES string of the molecule is CCOc1ccccc1C(=O)Nc1cc(-c2ccncc2)[nH]n1. The molecule has 2 heterocycles. The smallest absolute Gasteiger partial charge is 0.260 e. The monoisotopic (exact) mass is 308 g/mol. The van der Waals surface area contributed by atoms with Gasteiger partial charge >= 0.3 is 0 Å². The second kappa shape index (κ2) is 6.74. The minimum atomic E-state index is -0.262. The summed E-state index contributed by atoms with van der Waals surface area (Å²) in [6.45, 7) is 2.38. The Morgan fingerprint density at radius 1 is 1.22 bits per heavy atom. The van der Waals surface area contributed by atoms with E-state index in [0.717, 1.165) is 11.3 Å². The Hall–Kier alpha value is -3.15. The van der Waals surface area contributed by atoms with Crippen molar-refractivity contribution in [2.75, 3.05) is 11.9 Å². The molecule has 1 amide bonds. The van der Waals surface area contributed by atoms with Crippen LogP contribution in [0.15, 0.2) is 54.9 Å². The third-order valence-electron chi connectivity index (χ3n) is 3.24. The summed E-state index contributed by atoms with van der Waals surface area (Å²) in [5, 5.41) is 9.78. The summed E-state index contributed by atoms with van der Waals surface area (Å²) >= 11 is 0. The van der Waals surface area contributed by atoms with Crippen molar-refractivity contribution in [2.45, 2.75) is 6.92 Å². The number of aromatic amines is 1. The highest BCUT2D eigenvalue weighted by Crippen LogP contribution is 2.21. The summed E-state index contributed by atoms with van der Waals surface area (Å²) in [6.07, 6.45) is 3.40. The van der Waals surface area contributed by atoms with Crippen molar-refractivity contribution in [1.82, 2.24) is 15.2 Å². The van der Waals surface area contributed by atoms with Gasteiger partial charge < -0.3 is 10.1 Å². The number of H-pyrrole nitrogens is 1. The number of hydrogen-bond acceptors (Lipinski definition) is 4. The maximum atomic E-state index is 12.4. The summed E-state index contributed by atoms with van der Waals surface area (Å²) in [7, 11) is 0. The van der Waals surface area contributed by atoms with E-state index < -0.39 is 0 Å². The zero-order chi connectivity index (χ0) is 16.1. The van der Waals surface area contributed by atoms with Gasteiger partial charge in [-0.25, -0.2) is 0 Å². The Morgan fingerprint density at radius 3 is 2.78 bits per heavy atom.